The predicted octanol–water partition coefficient (Wildman–Crippen LogP) is 4.16. The van der Waals surface area contributed by atoms with Crippen molar-refractivity contribution in [1.29, 1.82) is 0 Å². The molecule has 3 nitrogen and oxygen atoms in total. The van der Waals surface area contributed by atoms with Gasteiger partial charge >= 0.3 is 6.18 Å². The second kappa shape index (κ2) is 7.07. The number of carbonyl (C=O) groups excluding carboxylic acids is 1. The molecule has 1 saturated carbocycles. The average Bonchev–Trinajstić information content (AvgIpc) is 3.26. The summed E-state index contributed by atoms with van der Waals surface area (Å²) in [6, 6.07) is 3.13. The lowest BCUT2D eigenvalue weighted by Gasteiger charge is -2.30. The van der Waals surface area contributed by atoms with Crippen LogP contribution < -0.4 is 4.74 Å². The molecule has 0 saturated heterocycles. The number of hydrogen-bond donors (Lipinski definition) is 0. The molecule has 0 radical (unpaired) electrons. The van der Waals surface area contributed by atoms with Gasteiger partial charge in [-0.15, -0.1) is 0 Å². The van der Waals surface area contributed by atoms with Gasteiger partial charge in [0.05, 0.1) is 4.47 Å². The first-order valence-corrected chi connectivity index (χ1v) is 7.91. The van der Waals surface area contributed by atoms with E-state index in [-0.39, 0.29) is 11.7 Å². The van der Waals surface area contributed by atoms with E-state index in [1.54, 1.807) is 6.92 Å². The highest BCUT2D eigenvalue weighted by atomic mass is 79.9. The molecule has 23 heavy (non-hydrogen) atoms. The van der Waals surface area contributed by atoms with Crippen LogP contribution in [0.5, 0.6) is 5.75 Å². The number of alkyl halides is 3. The molecular formula is C15H16BrF4NO2. The van der Waals surface area contributed by atoms with Gasteiger partial charge in [-0.3, -0.25) is 4.79 Å². The van der Waals surface area contributed by atoms with Gasteiger partial charge in [0.25, 0.3) is 5.91 Å². The van der Waals surface area contributed by atoms with Gasteiger partial charge in [-0.05, 0) is 59.8 Å². The first-order chi connectivity index (χ1) is 10.7. The van der Waals surface area contributed by atoms with Crippen molar-refractivity contribution in [3.8, 4) is 5.75 Å². The molecule has 0 N–H and O–H groups in total. The third-order valence-electron chi connectivity index (χ3n) is 3.71. The maximum atomic E-state index is 13.0. The molecule has 0 unspecified atom stereocenters. The van der Waals surface area contributed by atoms with Crippen LogP contribution in [-0.2, 0) is 4.79 Å². The quantitative estimate of drug-likeness (QED) is 0.674. The molecule has 8 heteroatoms. The molecule has 1 aromatic rings. The van der Waals surface area contributed by atoms with E-state index in [9.17, 15) is 22.4 Å². The molecular weight excluding hydrogens is 382 g/mol. The van der Waals surface area contributed by atoms with Crippen molar-refractivity contribution in [3.05, 3.63) is 28.5 Å². The number of benzene rings is 1. The Morgan fingerprint density at radius 3 is 2.61 bits per heavy atom. The standard InChI is InChI=1S/C15H16BrF4NO2/c1-9(10-2-3-10)21(8-15(18,19)20)14(22)7-23-13-5-4-11(17)6-12(13)16/h4-6,9-10H,2-3,7-8H2,1H3/t9-/m1/s1. The highest BCUT2D eigenvalue weighted by molar-refractivity contribution is 9.10. The van der Waals surface area contributed by atoms with Crippen molar-refractivity contribution in [2.24, 2.45) is 5.92 Å². The van der Waals surface area contributed by atoms with Crippen LogP contribution in [0.15, 0.2) is 22.7 Å². The van der Waals surface area contributed by atoms with Gasteiger partial charge in [0.15, 0.2) is 6.61 Å². The number of hydrogen-bond acceptors (Lipinski definition) is 2. The summed E-state index contributed by atoms with van der Waals surface area (Å²) < 4.78 is 56.6. The fourth-order valence-corrected chi connectivity index (χ4v) is 2.77. The summed E-state index contributed by atoms with van der Waals surface area (Å²) >= 11 is 3.08. The van der Waals surface area contributed by atoms with Crippen LogP contribution in [0.4, 0.5) is 17.6 Å². The van der Waals surface area contributed by atoms with Crippen LogP contribution in [0.3, 0.4) is 0 Å². The lowest BCUT2D eigenvalue weighted by Crippen LogP contribution is -2.47. The number of amides is 1. The van der Waals surface area contributed by atoms with Crippen molar-refractivity contribution in [2.45, 2.75) is 32.0 Å². The van der Waals surface area contributed by atoms with Crippen molar-refractivity contribution in [2.75, 3.05) is 13.2 Å². The molecule has 0 heterocycles. The summed E-state index contributed by atoms with van der Waals surface area (Å²) in [4.78, 5) is 13.0. The van der Waals surface area contributed by atoms with Crippen LogP contribution in [0.1, 0.15) is 19.8 Å². The Labute approximate surface area is 139 Å². The largest absolute Gasteiger partial charge is 0.483 e. The second-order valence-electron chi connectivity index (χ2n) is 5.58. The van der Waals surface area contributed by atoms with E-state index in [0.29, 0.717) is 4.47 Å². The molecule has 0 aliphatic heterocycles. The Kier molecular flexibility index (Phi) is 5.54. The fourth-order valence-electron chi connectivity index (χ4n) is 2.30. The zero-order chi connectivity index (χ0) is 17.2. The monoisotopic (exact) mass is 397 g/mol. The summed E-state index contributed by atoms with van der Waals surface area (Å²) in [5.41, 5.74) is 0. The summed E-state index contributed by atoms with van der Waals surface area (Å²) in [6.45, 7) is -0.204. The first-order valence-electron chi connectivity index (χ1n) is 7.11. The van der Waals surface area contributed by atoms with Gasteiger partial charge in [0, 0.05) is 6.04 Å². The van der Waals surface area contributed by atoms with Gasteiger partial charge in [0.1, 0.15) is 18.1 Å². The summed E-state index contributed by atoms with van der Waals surface area (Å²) in [7, 11) is 0. The maximum absolute atomic E-state index is 13.0. The van der Waals surface area contributed by atoms with E-state index in [0.717, 1.165) is 29.9 Å². The maximum Gasteiger partial charge on any atom is 0.406 e. The van der Waals surface area contributed by atoms with Crippen LogP contribution in [0, 0.1) is 11.7 Å². The second-order valence-corrected chi connectivity index (χ2v) is 6.43. The Morgan fingerprint density at radius 1 is 1.43 bits per heavy atom. The van der Waals surface area contributed by atoms with Gasteiger partial charge < -0.3 is 9.64 Å². The van der Waals surface area contributed by atoms with Gasteiger partial charge in [-0.25, -0.2) is 4.39 Å². The van der Waals surface area contributed by atoms with Gasteiger partial charge in [-0.1, -0.05) is 0 Å². The number of ether oxygens (including phenoxy) is 1. The van der Waals surface area contributed by atoms with Crippen molar-refractivity contribution in [3.63, 3.8) is 0 Å². The Hall–Kier alpha value is -1.31. The van der Waals surface area contributed by atoms with E-state index in [4.69, 9.17) is 4.74 Å². The molecule has 1 atom stereocenters. The minimum Gasteiger partial charge on any atom is -0.483 e. The van der Waals surface area contributed by atoms with Gasteiger partial charge in [-0.2, -0.15) is 13.2 Å². The zero-order valence-electron chi connectivity index (χ0n) is 12.4. The summed E-state index contributed by atoms with van der Waals surface area (Å²) in [6.07, 6.45) is -2.81. The highest BCUT2D eigenvalue weighted by Crippen LogP contribution is 2.36. The fraction of sp³-hybridized carbons (Fsp3) is 0.533. The molecule has 1 aliphatic rings. The number of rotatable bonds is 6. The predicted molar refractivity (Wildman–Crippen MR) is 79.5 cm³/mol. The molecule has 0 spiro atoms. The minimum absolute atomic E-state index is 0.110. The minimum atomic E-state index is -4.46. The van der Waals surface area contributed by atoms with E-state index in [1.165, 1.54) is 6.07 Å². The van der Waals surface area contributed by atoms with Crippen LogP contribution in [0.2, 0.25) is 0 Å². The van der Waals surface area contributed by atoms with Crippen molar-refractivity contribution >= 4 is 21.8 Å². The van der Waals surface area contributed by atoms with E-state index < -0.39 is 37.1 Å². The summed E-state index contributed by atoms with van der Waals surface area (Å²) in [5.74, 6) is -0.917. The molecule has 1 amide bonds. The molecule has 0 bridgehead atoms. The molecule has 1 aliphatic carbocycles. The Bertz CT molecular complexity index is 575. The zero-order valence-corrected chi connectivity index (χ0v) is 14.0. The molecule has 1 fully saturated rings. The van der Waals surface area contributed by atoms with Crippen molar-refractivity contribution in [1.82, 2.24) is 4.90 Å². The van der Waals surface area contributed by atoms with E-state index in [1.807, 2.05) is 0 Å². The Balaban J connectivity index is 2.01. The van der Waals surface area contributed by atoms with Crippen molar-refractivity contribution < 1.29 is 27.1 Å². The molecule has 2 rings (SSSR count). The SMILES string of the molecule is C[C@H](C1CC1)N(CC(F)(F)F)C(=O)COc1ccc(F)cc1Br. The topological polar surface area (TPSA) is 29.5 Å². The summed E-state index contributed by atoms with van der Waals surface area (Å²) in [5, 5.41) is 0. The lowest BCUT2D eigenvalue weighted by atomic mass is 10.2. The number of carbonyl (C=O) groups is 1. The van der Waals surface area contributed by atoms with Crippen LogP contribution in [0.25, 0.3) is 0 Å². The van der Waals surface area contributed by atoms with E-state index in [2.05, 4.69) is 15.9 Å². The number of halogens is 5. The molecule has 1 aromatic carbocycles. The van der Waals surface area contributed by atoms with Crippen LogP contribution in [-0.4, -0.2) is 36.2 Å². The van der Waals surface area contributed by atoms with Gasteiger partial charge in [0.2, 0.25) is 0 Å². The number of nitrogens with zero attached hydrogens (tertiary/aromatic N) is 1. The smallest absolute Gasteiger partial charge is 0.406 e. The molecule has 128 valence electrons. The highest BCUT2D eigenvalue weighted by Gasteiger charge is 2.40. The normalized spacial score (nSPS) is 16.1. The third kappa shape index (κ3) is 5.37. The average molecular weight is 398 g/mol. The first kappa shape index (κ1) is 18.0. The third-order valence-corrected chi connectivity index (χ3v) is 4.33. The molecule has 0 aromatic heterocycles. The van der Waals surface area contributed by atoms with Crippen LogP contribution >= 0.6 is 15.9 Å². The lowest BCUT2D eigenvalue weighted by molar-refractivity contribution is -0.167. The Morgan fingerprint density at radius 2 is 2.09 bits per heavy atom. The van der Waals surface area contributed by atoms with E-state index >= 15 is 0 Å².